The van der Waals surface area contributed by atoms with E-state index in [9.17, 15) is 0 Å². The molecule has 0 unspecified atom stereocenters. The van der Waals surface area contributed by atoms with Crippen LogP contribution in [0.15, 0.2) is 36.7 Å². The molecule has 1 aromatic heterocycles. The predicted molar refractivity (Wildman–Crippen MR) is 79.4 cm³/mol. The number of rotatable bonds is 4. The van der Waals surface area contributed by atoms with Gasteiger partial charge < -0.3 is 5.32 Å². The SMILES string of the molecule is CC(C)(C)NCc1cnn(Cc2cccc(Cl)c2)c1. The zero-order chi connectivity index (χ0) is 13.9. The minimum Gasteiger partial charge on any atom is -0.308 e. The number of benzene rings is 1. The maximum absolute atomic E-state index is 5.98. The number of nitrogens with one attached hydrogen (secondary N) is 1. The molecule has 1 heterocycles. The fourth-order valence-electron chi connectivity index (χ4n) is 1.77. The standard InChI is InChI=1S/C15H20ClN3/c1-15(2,3)17-8-13-9-18-19(11-13)10-12-5-4-6-14(16)7-12/h4-7,9,11,17H,8,10H2,1-3H3. The van der Waals surface area contributed by atoms with E-state index in [2.05, 4.69) is 43.4 Å². The Morgan fingerprint density at radius 3 is 2.74 bits per heavy atom. The number of nitrogens with zero attached hydrogens (tertiary/aromatic N) is 2. The van der Waals surface area contributed by atoms with Crippen LogP contribution in [0.1, 0.15) is 31.9 Å². The first-order valence-corrected chi connectivity index (χ1v) is 6.81. The Bertz CT molecular complexity index is 540. The van der Waals surface area contributed by atoms with Gasteiger partial charge in [-0.1, -0.05) is 23.7 Å². The molecule has 0 aliphatic carbocycles. The van der Waals surface area contributed by atoms with Gasteiger partial charge in [-0.2, -0.15) is 5.10 Å². The lowest BCUT2D eigenvalue weighted by atomic mass is 10.1. The quantitative estimate of drug-likeness (QED) is 0.927. The third-order valence-corrected chi connectivity index (χ3v) is 2.98. The first-order chi connectivity index (χ1) is 8.92. The molecule has 3 nitrogen and oxygen atoms in total. The van der Waals surface area contributed by atoms with Crippen LogP contribution in [0, 0.1) is 0 Å². The summed E-state index contributed by atoms with van der Waals surface area (Å²) in [4.78, 5) is 0. The number of hydrogen-bond donors (Lipinski definition) is 1. The normalized spacial score (nSPS) is 11.8. The second kappa shape index (κ2) is 5.76. The zero-order valence-electron chi connectivity index (χ0n) is 11.7. The second-order valence-electron chi connectivity index (χ2n) is 5.78. The van der Waals surface area contributed by atoms with Gasteiger partial charge in [-0.05, 0) is 38.5 Å². The highest BCUT2D eigenvalue weighted by molar-refractivity contribution is 6.30. The molecule has 2 aromatic rings. The van der Waals surface area contributed by atoms with Crippen LogP contribution in [-0.2, 0) is 13.1 Å². The monoisotopic (exact) mass is 277 g/mol. The van der Waals surface area contributed by atoms with Crippen molar-refractivity contribution in [2.75, 3.05) is 0 Å². The lowest BCUT2D eigenvalue weighted by molar-refractivity contribution is 0.424. The molecule has 0 fully saturated rings. The van der Waals surface area contributed by atoms with Crippen LogP contribution >= 0.6 is 11.6 Å². The summed E-state index contributed by atoms with van der Waals surface area (Å²) in [6, 6.07) is 7.87. The van der Waals surface area contributed by atoms with Crippen LogP contribution in [0.25, 0.3) is 0 Å². The Labute approximate surface area is 119 Å². The first-order valence-electron chi connectivity index (χ1n) is 6.43. The Hall–Kier alpha value is -1.32. The predicted octanol–water partition coefficient (Wildman–Crippen LogP) is 3.47. The van der Waals surface area contributed by atoms with Crippen molar-refractivity contribution >= 4 is 11.6 Å². The smallest absolute Gasteiger partial charge is 0.0660 e. The van der Waals surface area contributed by atoms with Crippen molar-refractivity contribution in [1.29, 1.82) is 0 Å². The molecular formula is C15H20ClN3. The van der Waals surface area contributed by atoms with Crippen molar-refractivity contribution in [3.05, 3.63) is 52.8 Å². The zero-order valence-corrected chi connectivity index (χ0v) is 12.4. The molecule has 0 amide bonds. The fourth-order valence-corrected chi connectivity index (χ4v) is 1.99. The van der Waals surface area contributed by atoms with Crippen molar-refractivity contribution < 1.29 is 0 Å². The highest BCUT2D eigenvalue weighted by Gasteiger charge is 2.09. The summed E-state index contributed by atoms with van der Waals surface area (Å²) in [5.41, 5.74) is 2.47. The summed E-state index contributed by atoms with van der Waals surface area (Å²) in [6.07, 6.45) is 3.98. The van der Waals surface area contributed by atoms with Gasteiger partial charge in [0, 0.05) is 28.9 Å². The van der Waals surface area contributed by atoms with Gasteiger partial charge in [0.2, 0.25) is 0 Å². The number of hydrogen-bond acceptors (Lipinski definition) is 2. The van der Waals surface area contributed by atoms with Gasteiger partial charge in [0.05, 0.1) is 12.7 Å². The van der Waals surface area contributed by atoms with Gasteiger partial charge >= 0.3 is 0 Å². The molecule has 1 N–H and O–H groups in total. The van der Waals surface area contributed by atoms with Gasteiger partial charge in [-0.15, -0.1) is 0 Å². The van der Waals surface area contributed by atoms with Crippen LogP contribution in [0.3, 0.4) is 0 Å². The van der Waals surface area contributed by atoms with Crippen LogP contribution < -0.4 is 5.32 Å². The van der Waals surface area contributed by atoms with Crippen molar-refractivity contribution in [2.45, 2.75) is 39.4 Å². The molecule has 2 rings (SSSR count). The van der Waals surface area contributed by atoms with Gasteiger partial charge in [0.1, 0.15) is 0 Å². The van der Waals surface area contributed by atoms with E-state index in [0.717, 1.165) is 23.7 Å². The first kappa shape index (κ1) is 14.1. The molecule has 4 heteroatoms. The lowest BCUT2D eigenvalue weighted by Gasteiger charge is -2.19. The molecule has 0 aliphatic heterocycles. The Morgan fingerprint density at radius 2 is 2.05 bits per heavy atom. The summed E-state index contributed by atoms with van der Waals surface area (Å²) in [6.45, 7) is 8.05. The summed E-state index contributed by atoms with van der Waals surface area (Å²) in [7, 11) is 0. The van der Waals surface area contributed by atoms with Gasteiger partial charge in [-0.3, -0.25) is 4.68 Å². The average molecular weight is 278 g/mol. The van der Waals surface area contributed by atoms with Gasteiger partial charge in [0.25, 0.3) is 0 Å². The van der Waals surface area contributed by atoms with Crippen molar-refractivity contribution in [1.82, 2.24) is 15.1 Å². The summed E-state index contributed by atoms with van der Waals surface area (Å²) in [5.74, 6) is 0. The second-order valence-corrected chi connectivity index (χ2v) is 6.22. The van der Waals surface area contributed by atoms with Crippen molar-refractivity contribution in [3.8, 4) is 0 Å². The molecule has 0 bridgehead atoms. The maximum Gasteiger partial charge on any atom is 0.0660 e. The van der Waals surface area contributed by atoms with E-state index >= 15 is 0 Å². The third kappa shape index (κ3) is 4.69. The molecular weight excluding hydrogens is 258 g/mol. The molecule has 0 spiro atoms. The topological polar surface area (TPSA) is 29.9 Å². The Balaban J connectivity index is 1.97. The van der Waals surface area contributed by atoms with Crippen molar-refractivity contribution in [2.24, 2.45) is 0 Å². The van der Waals surface area contributed by atoms with Crippen LogP contribution in [-0.4, -0.2) is 15.3 Å². The minimum absolute atomic E-state index is 0.120. The van der Waals surface area contributed by atoms with Gasteiger partial charge in [-0.25, -0.2) is 0 Å². The molecule has 19 heavy (non-hydrogen) atoms. The van der Waals surface area contributed by atoms with E-state index in [1.165, 1.54) is 5.56 Å². The largest absolute Gasteiger partial charge is 0.308 e. The van der Waals surface area contributed by atoms with E-state index in [1.54, 1.807) is 0 Å². The molecule has 0 radical (unpaired) electrons. The summed E-state index contributed by atoms with van der Waals surface area (Å²) < 4.78 is 1.94. The molecule has 0 aliphatic rings. The van der Waals surface area contributed by atoms with Crippen LogP contribution in [0.2, 0.25) is 5.02 Å². The molecule has 0 saturated heterocycles. The van der Waals surface area contributed by atoms with E-state index in [-0.39, 0.29) is 5.54 Å². The van der Waals surface area contributed by atoms with Crippen molar-refractivity contribution in [3.63, 3.8) is 0 Å². The molecule has 102 valence electrons. The molecule has 0 atom stereocenters. The van der Waals surface area contributed by atoms with Gasteiger partial charge in [0.15, 0.2) is 0 Å². The van der Waals surface area contributed by atoms with E-state index in [0.29, 0.717) is 0 Å². The maximum atomic E-state index is 5.98. The molecule has 0 saturated carbocycles. The van der Waals surface area contributed by atoms with Crippen LogP contribution in [0.4, 0.5) is 0 Å². The van der Waals surface area contributed by atoms with Crippen LogP contribution in [0.5, 0.6) is 0 Å². The summed E-state index contributed by atoms with van der Waals surface area (Å²) >= 11 is 5.98. The third-order valence-electron chi connectivity index (χ3n) is 2.74. The molecule has 1 aromatic carbocycles. The number of aromatic nitrogens is 2. The highest BCUT2D eigenvalue weighted by Crippen LogP contribution is 2.12. The Kier molecular flexibility index (Phi) is 4.27. The highest BCUT2D eigenvalue weighted by atomic mass is 35.5. The summed E-state index contributed by atoms with van der Waals surface area (Å²) in [5, 5.41) is 8.59. The number of halogens is 1. The minimum atomic E-state index is 0.120. The average Bonchev–Trinajstić information content (AvgIpc) is 2.73. The Morgan fingerprint density at radius 1 is 1.26 bits per heavy atom. The fraction of sp³-hybridized carbons (Fsp3) is 0.400. The van der Waals surface area contributed by atoms with E-state index in [1.807, 2.05) is 29.1 Å². The van der Waals surface area contributed by atoms with E-state index in [4.69, 9.17) is 11.6 Å². The van der Waals surface area contributed by atoms with E-state index < -0.39 is 0 Å². The lowest BCUT2D eigenvalue weighted by Crippen LogP contribution is -2.34.